The minimum atomic E-state index is -1.53. The van der Waals surface area contributed by atoms with E-state index in [1.54, 1.807) is 13.8 Å². The first-order valence-electron chi connectivity index (χ1n) is 6.61. The Labute approximate surface area is 114 Å². The Morgan fingerprint density at radius 1 is 1.55 bits per heavy atom. The number of halogens is 2. The molecular formula is C13H18F2N2O3. The molecule has 2 heterocycles. The third-order valence-corrected chi connectivity index (χ3v) is 4.21. The normalized spacial score (nSPS) is 35.1. The largest absolute Gasteiger partial charge is 0.345 e. The van der Waals surface area contributed by atoms with Crippen molar-refractivity contribution >= 4 is 0 Å². The second-order valence-corrected chi connectivity index (χ2v) is 5.18. The van der Waals surface area contributed by atoms with E-state index in [0.717, 1.165) is 10.6 Å². The van der Waals surface area contributed by atoms with E-state index in [4.69, 9.17) is 4.74 Å². The van der Waals surface area contributed by atoms with E-state index in [2.05, 4.69) is 0 Å². The molecule has 1 aliphatic rings. The second-order valence-electron chi connectivity index (χ2n) is 5.18. The summed E-state index contributed by atoms with van der Waals surface area (Å²) in [7, 11) is 0. The van der Waals surface area contributed by atoms with Crippen LogP contribution in [0.2, 0.25) is 0 Å². The fourth-order valence-corrected chi connectivity index (χ4v) is 2.89. The first-order chi connectivity index (χ1) is 9.33. The van der Waals surface area contributed by atoms with Crippen LogP contribution in [0.25, 0.3) is 0 Å². The number of nitrogens with one attached hydrogen (secondary N) is 1. The molecule has 5 atom stereocenters. The standard InChI is InChI=1S/C13H18F2N2O3/c1-4-13(8(3)14)7(2)10(15)11(20-13)17-6-5-9(18)16-12(17)19/h5-8,10-11H,4H2,1-3H3,(H,16,18,19)/t7-,8+,10+,11+,13+/m0/s1. The zero-order chi connectivity index (χ0) is 15.1. The van der Waals surface area contributed by atoms with Crippen LogP contribution in [0.4, 0.5) is 8.78 Å². The molecule has 0 aromatic carbocycles. The lowest BCUT2D eigenvalue weighted by molar-refractivity contribution is -0.126. The van der Waals surface area contributed by atoms with Gasteiger partial charge in [0.25, 0.3) is 5.56 Å². The first-order valence-corrected chi connectivity index (χ1v) is 6.61. The molecule has 1 aromatic heterocycles. The van der Waals surface area contributed by atoms with Gasteiger partial charge in [-0.3, -0.25) is 14.3 Å². The van der Waals surface area contributed by atoms with Crippen LogP contribution in [0, 0.1) is 5.92 Å². The van der Waals surface area contributed by atoms with Gasteiger partial charge in [0.1, 0.15) is 11.8 Å². The maximum Gasteiger partial charge on any atom is 0.330 e. The summed E-state index contributed by atoms with van der Waals surface area (Å²) >= 11 is 0. The molecule has 1 aliphatic heterocycles. The molecule has 7 heteroatoms. The number of aromatic nitrogens is 2. The molecule has 0 amide bonds. The Morgan fingerprint density at radius 2 is 2.20 bits per heavy atom. The van der Waals surface area contributed by atoms with Gasteiger partial charge in [-0.2, -0.15) is 0 Å². The Hall–Kier alpha value is -1.50. The summed E-state index contributed by atoms with van der Waals surface area (Å²) in [4.78, 5) is 24.8. The molecule has 0 saturated carbocycles. The smallest absolute Gasteiger partial charge is 0.330 e. The van der Waals surface area contributed by atoms with E-state index in [9.17, 15) is 18.4 Å². The molecule has 0 aliphatic carbocycles. The second kappa shape index (κ2) is 5.12. The van der Waals surface area contributed by atoms with Crippen LogP contribution in [-0.2, 0) is 4.74 Å². The first kappa shape index (κ1) is 14.9. The predicted octanol–water partition coefficient (Wildman–Crippen LogP) is 1.55. The van der Waals surface area contributed by atoms with Crippen molar-refractivity contribution in [2.75, 3.05) is 0 Å². The van der Waals surface area contributed by atoms with Crippen LogP contribution in [0.15, 0.2) is 21.9 Å². The highest BCUT2D eigenvalue weighted by molar-refractivity contribution is 5.02. The van der Waals surface area contributed by atoms with E-state index in [-0.39, 0.29) is 0 Å². The van der Waals surface area contributed by atoms with E-state index in [1.165, 1.54) is 13.1 Å². The number of nitrogens with zero attached hydrogens (tertiary/aromatic N) is 1. The molecular weight excluding hydrogens is 270 g/mol. The molecule has 20 heavy (non-hydrogen) atoms. The van der Waals surface area contributed by atoms with Gasteiger partial charge in [-0.25, -0.2) is 13.6 Å². The highest BCUT2D eigenvalue weighted by Crippen LogP contribution is 2.47. The van der Waals surface area contributed by atoms with Crippen molar-refractivity contribution in [1.29, 1.82) is 0 Å². The van der Waals surface area contributed by atoms with Crippen LogP contribution in [0.1, 0.15) is 33.4 Å². The Morgan fingerprint density at radius 3 is 2.65 bits per heavy atom. The van der Waals surface area contributed by atoms with Gasteiger partial charge < -0.3 is 4.74 Å². The zero-order valence-electron chi connectivity index (χ0n) is 11.6. The Kier molecular flexibility index (Phi) is 3.82. The average Bonchev–Trinajstić information content (AvgIpc) is 2.64. The van der Waals surface area contributed by atoms with Crippen molar-refractivity contribution in [3.8, 4) is 0 Å². The van der Waals surface area contributed by atoms with Crippen LogP contribution >= 0.6 is 0 Å². The third kappa shape index (κ3) is 2.09. The number of hydrogen-bond donors (Lipinski definition) is 1. The van der Waals surface area contributed by atoms with Gasteiger partial charge in [0.2, 0.25) is 0 Å². The topological polar surface area (TPSA) is 64.1 Å². The van der Waals surface area contributed by atoms with Crippen LogP contribution in [-0.4, -0.2) is 27.5 Å². The van der Waals surface area contributed by atoms with Crippen molar-refractivity contribution in [3.05, 3.63) is 33.1 Å². The molecule has 1 fully saturated rings. The van der Waals surface area contributed by atoms with Gasteiger partial charge in [-0.05, 0) is 13.3 Å². The quantitative estimate of drug-likeness (QED) is 0.917. The number of ether oxygens (including phenoxy) is 1. The zero-order valence-corrected chi connectivity index (χ0v) is 11.6. The van der Waals surface area contributed by atoms with Crippen LogP contribution in [0.3, 0.4) is 0 Å². The van der Waals surface area contributed by atoms with E-state index >= 15 is 0 Å². The average molecular weight is 288 g/mol. The van der Waals surface area contributed by atoms with E-state index in [1.807, 2.05) is 4.98 Å². The van der Waals surface area contributed by atoms with Crippen molar-refractivity contribution in [1.82, 2.24) is 9.55 Å². The number of aromatic amines is 1. The third-order valence-electron chi connectivity index (χ3n) is 4.21. The van der Waals surface area contributed by atoms with Crippen LogP contribution in [0.5, 0.6) is 0 Å². The Balaban J connectivity index is 2.45. The van der Waals surface area contributed by atoms with Crippen LogP contribution < -0.4 is 11.2 Å². The molecule has 1 aromatic rings. The number of hydrogen-bond acceptors (Lipinski definition) is 3. The SMILES string of the molecule is CC[C@@]1([C@@H](C)F)O[C@@H](n2ccc(=O)[nH]c2=O)[C@H](F)[C@@H]1C. The fourth-order valence-electron chi connectivity index (χ4n) is 2.89. The van der Waals surface area contributed by atoms with Gasteiger partial charge in [-0.1, -0.05) is 13.8 Å². The van der Waals surface area contributed by atoms with Crippen molar-refractivity contribution < 1.29 is 13.5 Å². The van der Waals surface area contributed by atoms with Gasteiger partial charge in [0.05, 0.1) is 0 Å². The highest BCUT2D eigenvalue weighted by atomic mass is 19.1. The van der Waals surface area contributed by atoms with E-state index in [0.29, 0.717) is 6.42 Å². The summed E-state index contributed by atoms with van der Waals surface area (Å²) in [5.74, 6) is -0.698. The van der Waals surface area contributed by atoms with Gasteiger partial charge in [-0.15, -0.1) is 0 Å². The Bertz CT molecular complexity index is 598. The molecule has 112 valence electrons. The summed E-state index contributed by atoms with van der Waals surface area (Å²) < 4.78 is 34.9. The summed E-state index contributed by atoms with van der Waals surface area (Å²) in [6, 6.07) is 1.10. The summed E-state index contributed by atoms with van der Waals surface area (Å²) in [6.45, 7) is 4.61. The minimum absolute atomic E-state index is 0.293. The monoisotopic (exact) mass is 288 g/mol. The molecule has 1 N–H and O–H groups in total. The lowest BCUT2D eigenvalue weighted by Crippen LogP contribution is -2.43. The molecule has 2 rings (SSSR count). The molecule has 0 radical (unpaired) electrons. The molecule has 0 unspecified atom stereocenters. The molecule has 0 bridgehead atoms. The molecule has 0 spiro atoms. The number of alkyl halides is 2. The fraction of sp³-hybridized carbons (Fsp3) is 0.692. The minimum Gasteiger partial charge on any atom is -0.345 e. The number of H-pyrrole nitrogens is 1. The lowest BCUT2D eigenvalue weighted by atomic mass is 9.82. The van der Waals surface area contributed by atoms with Gasteiger partial charge in [0, 0.05) is 18.2 Å². The van der Waals surface area contributed by atoms with Crippen molar-refractivity contribution in [2.45, 2.75) is 51.4 Å². The highest BCUT2D eigenvalue weighted by Gasteiger charge is 2.56. The lowest BCUT2D eigenvalue weighted by Gasteiger charge is -2.33. The maximum absolute atomic E-state index is 14.4. The van der Waals surface area contributed by atoms with Gasteiger partial charge >= 0.3 is 5.69 Å². The van der Waals surface area contributed by atoms with Crippen molar-refractivity contribution in [3.63, 3.8) is 0 Å². The molecule has 1 saturated heterocycles. The summed E-state index contributed by atoms with van der Waals surface area (Å²) in [6.07, 6.45) is -2.67. The maximum atomic E-state index is 14.4. The van der Waals surface area contributed by atoms with Crippen molar-refractivity contribution in [2.24, 2.45) is 5.92 Å². The van der Waals surface area contributed by atoms with E-state index < -0.39 is 41.3 Å². The predicted molar refractivity (Wildman–Crippen MR) is 69.1 cm³/mol. The van der Waals surface area contributed by atoms with Gasteiger partial charge in [0.15, 0.2) is 12.4 Å². The summed E-state index contributed by atoms with van der Waals surface area (Å²) in [5, 5.41) is 0. The molecule has 5 nitrogen and oxygen atoms in total. The summed E-state index contributed by atoms with van der Waals surface area (Å²) in [5.41, 5.74) is -2.61. The number of rotatable bonds is 3.